The van der Waals surface area contributed by atoms with Crippen LogP contribution in [0.1, 0.15) is 19.8 Å². The minimum atomic E-state index is 0.0850. The zero-order chi connectivity index (χ0) is 13.1. The number of carbonyl (C=O) groups excluding carboxylic acids is 1. The van der Waals surface area contributed by atoms with Gasteiger partial charge in [0, 0.05) is 28.3 Å². The van der Waals surface area contributed by atoms with E-state index in [4.69, 9.17) is 27.9 Å². The van der Waals surface area contributed by atoms with Crippen molar-refractivity contribution >= 4 is 34.8 Å². The van der Waals surface area contributed by atoms with E-state index >= 15 is 0 Å². The van der Waals surface area contributed by atoms with Gasteiger partial charge in [0.05, 0.1) is 0 Å². The van der Waals surface area contributed by atoms with Crippen molar-refractivity contribution in [1.29, 1.82) is 0 Å². The van der Waals surface area contributed by atoms with Gasteiger partial charge in [-0.1, -0.05) is 23.2 Å². The van der Waals surface area contributed by atoms with Crippen molar-refractivity contribution in [3.63, 3.8) is 0 Å². The Hall–Kier alpha value is -0.770. The van der Waals surface area contributed by atoms with Crippen LogP contribution in [0.2, 0.25) is 10.0 Å². The minimum absolute atomic E-state index is 0.0850. The second-order valence-corrected chi connectivity index (χ2v) is 5.16. The Balaban J connectivity index is 2.23. The van der Waals surface area contributed by atoms with E-state index in [0.717, 1.165) is 12.8 Å². The molecule has 18 heavy (non-hydrogen) atoms. The molecule has 0 spiro atoms. The summed E-state index contributed by atoms with van der Waals surface area (Å²) in [4.78, 5) is 13.8. The average molecular weight is 288 g/mol. The number of amides is 1. The first-order chi connectivity index (χ1) is 8.61. The van der Waals surface area contributed by atoms with Gasteiger partial charge in [0.25, 0.3) is 0 Å². The molecule has 0 aromatic heterocycles. The summed E-state index contributed by atoms with van der Waals surface area (Å²) in [6.45, 7) is 2.69. The fourth-order valence-corrected chi connectivity index (χ4v) is 2.21. The molecule has 5 heteroatoms. The minimum Gasteiger partial charge on any atom is -0.361 e. The van der Waals surface area contributed by atoms with E-state index in [1.807, 2.05) is 6.92 Å². The van der Waals surface area contributed by atoms with E-state index in [9.17, 15) is 4.79 Å². The number of nitrogens with zero attached hydrogens (tertiary/aromatic N) is 1. The van der Waals surface area contributed by atoms with Gasteiger partial charge < -0.3 is 4.74 Å². The first-order valence-electron chi connectivity index (χ1n) is 5.97. The van der Waals surface area contributed by atoms with Crippen LogP contribution < -0.4 is 4.90 Å². The van der Waals surface area contributed by atoms with E-state index in [0.29, 0.717) is 22.3 Å². The summed E-state index contributed by atoms with van der Waals surface area (Å²) in [7, 11) is 0. The Morgan fingerprint density at radius 2 is 1.94 bits per heavy atom. The lowest BCUT2D eigenvalue weighted by Crippen LogP contribution is -2.34. The third-order valence-corrected chi connectivity index (χ3v) is 3.21. The molecule has 1 fully saturated rings. The fraction of sp³-hybridized carbons (Fsp3) is 0.462. The molecule has 0 unspecified atom stereocenters. The van der Waals surface area contributed by atoms with Crippen molar-refractivity contribution in [2.45, 2.75) is 19.8 Å². The standard InChI is InChI=1S/C13H15Cl2NO2/c1-2-18-8-16(13(17)9-3-4-9)12-6-10(14)5-11(15)7-12/h5-7,9H,2-4,8H2,1H3. The number of anilines is 1. The van der Waals surface area contributed by atoms with Crippen molar-refractivity contribution in [3.8, 4) is 0 Å². The Morgan fingerprint density at radius 1 is 1.33 bits per heavy atom. The number of carbonyl (C=O) groups is 1. The van der Waals surface area contributed by atoms with Crippen LogP contribution >= 0.6 is 23.2 Å². The van der Waals surface area contributed by atoms with Crippen LogP contribution in [0.4, 0.5) is 5.69 Å². The Bertz CT molecular complexity index is 426. The molecule has 1 aromatic carbocycles. The molecule has 2 rings (SSSR count). The summed E-state index contributed by atoms with van der Waals surface area (Å²) in [5, 5.41) is 1.03. The molecule has 0 N–H and O–H groups in total. The Morgan fingerprint density at radius 3 is 2.44 bits per heavy atom. The number of halogens is 2. The lowest BCUT2D eigenvalue weighted by Gasteiger charge is -2.23. The maximum absolute atomic E-state index is 12.2. The van der Waals surface area contributed by atoms with Crippen LogP contribution in [0.25, 0.3) is 0 Å². The van der Waals surface area contributed by atoms with Crippen LogP contribution in [0.3, 0.4) is 0 Å². The highest BCUT2D eigenvalue weighted by Crippen LogP contribution is 2.34. The van der Waals surface area contributed by atoms with Gasteiger partial charge in [0.15, 0.2) is 0 Å². The van der Waals surface area contributed by atoms with Crippen molar-refractivity contribution in [1.82, 2.24) is 0 Å². The maximum Gasteiger partial charge on any atom is 0.231 e. The third-order valence-electron chi connectivity index (χ3n) is 2.78. The van der Waals surface area contributed by atoms with Gasteiger partial charge in [-0.3, -0.25) is 9.69 Å². The number of benzene rings is 1. The molecule has 3 nitrogen and oxygen atoms in total. The second kappa shape index (κ2) is 5.91. The molecule has 1 saturated carbocycles. The zero-order valence-electron chi connectivity index (χ0n) is 10.2. The van der Waals surface area contributed by atoms with Crippen molar-refractivity contribution < 1.29 is 9.53 Å². The highest BCUT2D eigenvalue weighted by Gasteiger charge is 2.34. The molecule has 0 saturated heterocycles. The van der Waals surface area contributed by atoms with Crippen LogP contribution in [0.15, 0.2) is 18.2 Å². The van der Waals surface area contributed by atoms with Gasteiger partial charge in [-0.05, 0) is 38.0 Å². The maximum atomic E-state index is 12.2. The summed E-state index contributed by atoms with van der Waals surface area (Å²) in [5.74, 6) is 0.213. The van der Waals surface area contributed by atoms with Gasteiger partial charge in [0.1, 0.15) is 6.73 Å². The molecule has 1 amide bonds. The van der Waals surface area contributed by atoms with Gasteiger partial charge >= 0.3 is 0 Å². The van der Waals surface area contributed by atoms with Crippen molar-refractivity contribution in [2.75, 3.05) is 18.2 Å². The molecule has 0 heterocycles. The zero-order valence-corrected chi connectivity index (χ0v) is 11.7. The van der Waals surface area contributed by atoms with E-state index < -0.39 is 0 Å². The molecule has 0 aliphatic heterocycles. The van der Waals surface area contributed by atoms with Gasteiger partial charge in [-0.15, -0.1) is 0 Å². The number of hydrogen-bond acceptors (Lipinski definition) is 2. The predicted molar refractivity (Wildman–Crippen MR) is 73.2 cm³/mol. The fourth-order valence-electron chi connectivity index (χ4n) is 1.69. The van der Waals surface area contributed by atoms with Crippen molar-refractivity contribution in [3.05, 3.63) is 28.2 Å². The normalized spacial score (nSPS) is 14.6. The topological polar surface area (TPSA) is 29.5 Å². The summed E-state index contributed by atoms with van der Waals surface area (Å²) >= 11 is 11.9. The average Bonchev–Trinajstić information content (AvgIpc) is 3.11. The number of ether oxygens (including phenoxy) is 1. The van der Waals surface area contributed by atoms with E-state index in [2.05, 4.69) is 0 Å². The second-order valence-electron chi connectivity index (χ2n) is 4.29. The Labute approximate surface area is 117 Å². The van der Waals surface area contributed by atoms with E-state index in [-0.39, 0.29) is 18.6 Å². The lowest BCUT2D eigenvalue weighted by molar-refractivity contribution is -0.120. The number of rotatable bonds is 5. The summed E-state index contributed by atoms with van der Waals surface area (Å²) < 4.78 is 5.35. The van der Waals surface area contributed by atoms with Crippen LogP contribution in [-0.2, 0) is 9.53 Å². The van der Waals surface area contributed by atoms with Crippen molar-refractivity contribution in [2.24, 2.45) is 5.92 Å². The summed E-state index contributed by atoms with van der Waals surface area (Å²) in [6, 6.07) is 5.10. The quantitative estimate of drug-likeness (QED) is 0.773. The summed E-state index contributed by atoms with van der Waals surface area (Å²) in [6.07, 6.45) is 1.91. The third kappa shape index (κ3) is 3.37. The van der Waals surface area contributed by atoms with Gasteiger partial charge in [-0.2, -0.15) is 0 Å². The van der Waals surface area contributed by atoms with Gasteiger partial charge in [0.2, 0.25) is 5.91 Å². The lowest BCUT2D eigenvalue weighted by atomic mass is 10.2. The van der Waals surface area contributed by atoms with Crippen LogP contribution in [-0.4, -0.2) is 19.2 Å². The van der Waals surface area contributed by atoms with E-state index in [1.54, 1.807) is 23.1 Å². The number of hydrogen-bond donors (Lipinski definition) is 0. The molecule has 0 atom stereocenters. The molecule has 0 bridgehead atoms. The predicted octanol–water partition coefficient (Wildman–Crippen LogP) is 3.73. The van der Waals surface area contributed by atoms with Crippen LogP contribution in [0, 0.1) is 5.92 Å². The molecule has 1 aliphatic rings. The SMILES string of the molecule is CCOCN(C(=O)C1CC1)c1cc(Cl)cc(Cl)c1. The first-order valence-corrected chi connectivity index (χ1v) is 6.72. The molecule has 1 aliphatic carbocycles. The largest absolute Gasteiger partial charge is 0.361 e. The molecular weight excluding hydrogens is 273 g/mol. The monoisotopic (exact) mass is 287 g/mol. The highest BCUT2D eigenvalue weighted by atomic mass is 35.5. The van der Waals surface area contributed by atoms with Gasteiger partial charge in [-0.25, -0.2) is 0 Å². The first kappa shape index (κ1) is 13.7. The van der Waals surface area contributed by atoms with Crippen LogP contribution in [0.5, 0.6) is 0 Å². The highest BCUT2D eigenvalue weighted by molar-refractivity contribution is 6.35. The molecular formula is C13H15Cl2NO2. The van der Waals surface area contributed by atoms with E-state index in [1.165, 1.54) is 0 Å². The summed E-state index contributed by atoms with van der Waals surface area (Å²) in [5.41, 5.74) is 0.692. The molecule has 0 radical (unpaired) electrons. The smallest absolute Gasteiger partial charge is 0.231 e. The Kier molecular flexibility index (Phi) is 4.49. The molecule has 1 aromatic rings. The molecule has 98 valence electrons.